The van der Waals surface area contributed by atoms with Gasteiger partial charge in [-0.15, -0.1) is 0 Å². The molecule has 0 unspecified atom stereocenters. The maximum Gasteiger partial charge on any atom is -0.00462 e. The van der Waals surface area contributed by atoms with Crippen molar-refractivity contribution in [3.8, 4) is 0 Å². The maximum absolute atomic E-state index is 3.44. The molecule has 1 heterocycles. The van der Waals surface area contributed by atoms with Crippen molar-refractivity contribution in [3.63, 3.8) is 0 Å². The van der Waals surface area contributed by atoms with Gasteiger partial charge in [0.15, 0.2) is 0 Å². The van der Waals surface area contributed by atoms with E-state index in [1.807, 2.05) is 0 Å². The van der Waals surface area contributed by atoms with Crippen LogP contribution in [0.1, 0.15) is 51.4 Å². The van der Waals surface area contributed by atoms with Gasteiger partial charge in [-0.3, -0.25) is 0 Å². The van der Waals surface area contributed by atoms with Crippen LogP contribution in [0.15, 0.2) is 11.6 Å². The molecule has 0 aromatic rings. The van der Waals surface area contributed by atoms with E-state index in [0.717, 1.165) is 5.92 Å². The number of hydrogen-bond donors (Lipinski definition) is 1. The van der Waals surface area contributed by atoms with Crippen molar-refractivity contribution in [1.29, 1.82) is 0 Å². The molecule has 1 heteroatoms. The molecule has 1 aliphatic heterocycles. The van der Waals surface area contributed by atoms with E-state index in [0.29, 0.717) is 0 Å². The lowest BCUT2D eigenvalue weighted by atomic mass is 9.89. The van der Waals surface area contributed by atoms with E-state index in [1.54, 1.807) is 5.57 Å². The molecule has 1 fully saturated rings. The summed E-state index contributed by atoms with van der Waals surface area (Å²) >= 11 is 0. The Balaban J connectivity index is 1.79. The Morgan fingerprint density at radius 3 is 2.86 bits per heavy atom. The normalized spacial score (nSPS) is 25.6. The maximum atomic E-state index is 3.44. The Morgan fingerprint density at radius 1 is 1.14 bits per heavy atom. The lowest BCUT2D eigenvalue weighted by molar-refractivity contribution is 0.369. The number of nitrogens with one attached hydrogen (secondary N) is 1. The minimum atomic E-state index is 0.987. The first kappa shape index (κ1) is 10.2. The van der Waals surface area contributed by atoms with Crippen LogP contribution in [0.4, 0.5) is 0 Å². The van der Waals surface area contributed by atoms with Crippen molar-refractivity contribution >= 4 is 0 Å². The fourth-order valence-electron chi connectivity index (χ4n) is 2.72. The molecular weight excluding hydrogens is 170 g/mol. The van der Waals surface area contributed by atoms with Crippen molar-refractivity contribution in [3.05, 3.63) is 11.6 Å². The molecule has 0 atom stereocenters. The summed E-state index contributed by atoms with van der Waals surface area (Å²) in [6.07, 6.45) is 13.8. The molecule has 0 bridgehead atoms. The second-order valence-electron chi connectivity index (χ2n) is 4.86. The van der Waals surface area contributed by atoms with E-state index in [2.05, 4.69) is 11.4 Å². The second-order valence-corrected chi connectivity index (χ2v) is 4.86. The zero-order valence-corrected chi connectivity index (χ0v) is 9.23. The number of rotatable bonds is 2. The Labute approximate surface area is 88.0 Å². The van der Waals surface area contributed by atoms with Gasteiger partial charge in [-0.05, 0) is 64.0 Å². The first-order chi connectivity index (χ1) is 6.95. The molecule has 2 aliphatic rings. The highest BCUT2D eigenvalue weighted by atomic mass is 14.9. The summed E-state index contributed by atoms with van der Waals surface area (Å²) in [6, 6.07) is 0. The minimum absolute atomic E-state index is 0.987. The van der Waals surface area contributed by atoms with E-state index in [4.69, 9.17) is 0 Å². The summed E-state index contributed by atoms with van der Waals surface area (Å²) in [5, 5.41) is 3.44. The first-order valence-electron chi connectivity index (χ1n) is 6.34. The lowest BCUT2D eigenvalue weighted by Gasteiger charge is -2.23. The van der Waals surface area contributed by atoms with Crippen LogP contribution in [0, 0.1) is 5.92 Å². The zero-order chi connectivity index (χ0) is 9.64. The van der Waals surface area contributed by atoms with Crippen LogP contribution in [0.5, 0.6) is 0 Å². The average Bonchev–Trinajstić information content (AvgIpc) is 2.48. The van der Waals surface area contributed by atoms with Crippen molar-refractivity contribution in [2.45, 2.75) is 51.4 Å². The fourth-order valence-corrected chi connectivity index (χ4v) is 2.72. The predicted molar refractivity (Wildman–Crippen MR) is 61.4 cm³/mol. The Morgan fingerprint density at radius 2 is 2.00 bits per heavy atom. The summed E-state index contributed by atoms with van der Waals surface area (Å²) in [7, 11) is 0. The SMILES string of the molecule is C1=C(CC2CCNCC2)CCCCC1. The van der Waals surface area contributed by atoms with Crippen LogP contribution in [0.3, 0.4) is 0 Å². The van der Waals surface area contributed by atoms with Crippen LogP contribution >= 0.6 is 0 Å². The van der Waals surface area contributed by atoms with Crippen LogP contribution in [0.25, 0.3) is 0 Å². The van der Waals surface area contributed by atoms with Crippen molar-refractivity contribution in [2.75, 3.05) is 13.1 Å². The Hall–Kier alpha value is -0.300. The lowest BCUT2D eigenvalue weighted by Crippen LogP contribution is -2.27. The van der Waals surface area contributed by atoms with Crippen LogP contribution in [-0.4, -0.2) is 13.1 Å². The molecule has 0 saturated carbocycles. The Kier molecular flexibility index (Phi) is 4.05. The molecule has 1 nitrogen and oxygen atoms in total. The monoisotopic (exact) mass is 193 g/mol. The third kappa shape index (κ3) is 3.13. The predicted octanol–water partition coefficient (Wildman–Crippen LogP) is 3.27. The zero-order valence-electron chi connectivity index (χ0n) is 9.23. The molecule has 80 valence electrons. The largest absolute Gasteiger partial charge is 0.317 e. The van der Waals surface area contributed by atoms with E-state index in [-0.39, 0.29) is 0 Å². The van der Waals surface area contributed by atoms with Gasteiger partial charge >= 0.3 is 0 Å². The Bertz CT molecular complexity index is 189. The molecular formula is C13H23N. The number of hydrogen-bond acceptors (Lipinski definition) is 1. The number of allylic oxidation sites excluding steroid dienone is 2. The highest BCUT2D eigenvalue weighted by Crippen LogP contribution is 2.26. The smallest absolute Gasteiger partial charge is 0.00462 e. The summed E-state index contributed by atoms with van der Waals surface area (Å²) in [5.41, 5.74) is 1.77. The average molecular weight is 193 g/mol. The van der Waals surface area contributed by atoms with Crippen molar-refractivity contribution < 1.29 is 0 Å². The third-order valence-electron chi connectivity index (χ3n) is 3.64. The van der Waals surface area contributed by atoms with E-state index >= 15 is 0 Å². The topological polar surface area (TPSA) is 12.0 Å². The molecule has 0 radical (unpaired) electrons. The number of piperidine rings is 1. The minimum Gasteiger partial charge on any atom is -0.317 e. The van der Waals surface area contributed by atoms with Gasteiger partial charge in [0, 0.05) is 0 Å². The molecule has 0 aromatic heterocycles. The van der Waals surface area contributed by atoms with Gasteiger partial charge in [0.05, 0.1) is 0 Å². The van der Waals surface area contributed by atoms with Gasteiger partial charge in [-0.1, -0.05) is 18.1 Å². The van der Waals surface area contributed by atoms with Gasteiger partial charge in [-0.25, -0.2) is 0 Å². The van der Waals surface area contributed by atoms with Crippen LogP contribution in [0.2, 0.25) is 0 Å². The molecule has 1 aliphatic carbocycles. The fraction of sp³-hybridized carbons (Fsp3) is 0.846. The molecule has 14 heavy (non-hydrogen) atoms. The van der Waals surface area contributed by atoms with E-state index < -0.39 is 0 Å². The van der Waals surface area contributed by atoms with E-state index in [9.17, 15) is 0 Å². The van der Waals surface area contributed by atoms with Gasteiger partial charge in [0.2, 0.25) is 0 Å². The molecule has 2 rings (SSSR count). The summed E-state index contributed by atoms with van der Waals surface area (Å²) in [5.74, 6) is 0.987. The second kappa shape index (κ2) is 5.55. The third-order valence-corrected chi connectivity index (χ3v) is 3.64. The summed E-state index contributed by atoms with van der Waals surface area (Å²) < 4.78 is 0. The molecule has 1 saturated heterocycles. The van der Waals surface area contributed by atoms with Gasteiger partial charge in [-0.2, -0.15) is 0 Å². The van der Waals surface area contributed by atoms with Crippen molar-refractivity contribution in [1.82, 2.24) is 5.32 Å². The van der Waals surface area contributed by atoms with Gasteiger partial charge < -0.3 is 5.32 Å². The van der Waals surface area contributed by atoms with Crippen LogP contribution < -0.4 is 5.32 Å². The standard InChI is InChI=1S/C13H23N/c1-2-4-6-12(5-3-1)11-13-7-9-14-10-8-13/h5,13-14H,1-4,6-11H2. The molecule has 0 amide bonds. The molecule has 1 N–H and O–H groups in total. The van der Waals surface area contributed by atoms with Gasteiger partial charge in [0.1, 0.15) is 0 Å². The van der Waals surface area contributed by atoms with Gasteiger partial charge in [0.25, 0.3) is 0 Å². The van der Waals surface area contributed by atoms with E-state index in [1.165, 1.54) is 64.5 Å². The summed E-state index contributed by atoms with van der Waals surface area (Å²) in [4.78, 5) is 0. The first-order valence-corrected chi connectivity index (χ1v) is 6.34. The van der Waals surface area contributed by atoms with Crippen molar-refractivity contribution in [2.24, 2.45) is 5.92 Å². The molecule has 0 aromatic carbocycles. The highest BCUT2D eigenvalue weighted by Gasteiger charge is 2.14. The quantitative estimate of drug-likeness (QED) is 0.664. The highest BCUT2D eigenvalue weighted by molar-refractivity contribution is 5.05. The van der Waals surface area contributed by atoms with Crippen LogP contribution in [-0.2, 0) is 0 Å². The molecule has 0 spiro atoms. The summed E-state index contributed by atoms with van der Waals surface area (Å²) in [6.45, 7) is 2.50.